The number of nitrogens with zero attached hydrogens (tertiary/aromatic N) is 2. The largest absolute Gasteiger partial charge is 0.493 e. The fraction of sp³-hybridized carbons (Fsp3) is 0.105. The Balaban J connectivity index is 2.11. The lowest BCUT2D eigenvalue weighted by Gasteiger charge is -2.12. The van der Waals surface area contributed by atoms with Crippen molar-refractivity contribution in [2.75, 3.05) is 5.43 Å². The topological polar surface area (TPSA) is 99.5 Å². The van der Waals surface area contributed by atoms with Crippen LogP contribution in [-0.4, -0.2) is 20.4 Å². The molecular formula is C19H18N4O3. The maximum absolute atomic E-state index is 12.3. The van der Waals surface area contributed by atoms with Crippen LogP contribution in [0.1, 0.15) is 18.9 Å². The fourth-order valence-electron chi connectivity index (χ4n) is 2.56. The van der Waals surface area contributed by atoms with Gasteiger partial charge in [0.05, 0.1) is 17.1 Å². The first-order valence-electron chi connectivity index (χ1n) is 8.13. The molecule has 7 heteroatoms. The van der Waals surface area contributed by atoms with Crippen LogP contribution >= 0.6 is 0 Å². The summed E-state index contributed by atoms with van der Waals surface area (Å²) in [7, 11) is 0. The Morgan fingerprint density at radius 3 is 2.31 bits per heavy atom. The average molecular weight is 350 g/mol. The molecule has 0 atom stereocenters. The number of aromatic amines is 1. The number of hydrogen-bond donors (Lipinski definition) is 3. The van der Waals surface area contributed by atoms with E-state index in [0.717, 1.165) is 10.3 Å². The molecule has 0 bridgehead atoms. The molecule has 3 aromatic rings. The van der Waals surface area contributed by atoms with E-state index < -0.39 is 17.1 Å². The van der Waals surface area contributed by atoms with Crippen LogP contribution in [0.15, 0.2) is 75.4 Å². The normalized spacial score (nSPS) is 11.3. The van der Waals surface area contributed by atoms with Crippen LogP contribution in [0.2, 0.25) is 0 Å². The predicted octanol–water partition coefficient (Wildman–Crippen LogP) is 2.46. The minimum Gasteiger partial charge on any atom is -0.493 e. The Morgan fingerprint density at radius 2 is 1.69 bits per heavy atom. The van der Waals surface area contributed by atoms with E-state index in [-0.39, 0.29) is 5.56 Å². The van der Waals surface area contributed by atoms with E-state index in [0.29, 0.717) is 17.8 Å². The molecule has 0 unspecified atom stereocenters. The number of rotatable bonds is 5. The molecule has 0 saturated heterocycles. The summed E-state index contributed by atoms with van der Waals surface area (Å²) in [5.74, 6) is -0.444. The number of para-hydroxylation sites is 2. The van der Waals surface area contributed by atoms with Crippen molar-refractivity contribution in [3.8, 4) is 11.6 Å². The Bertz CT molecular complexity index is 1040. The zero-order valence-electron chi connectivity index (χ0n) is 14.1. The minimum absolute atomic E-state index is 0.0422. The molecule has 0 aliphatic rings. The van der Waals surface area contributed by atoms with Gasteiger partial charge in [-0.05, 0) is 30.7 Å². The zero-order chi connectivity index (χ0) is 18.5. The van der Waals surface area contributed by atoms with Crippen LogP contribution in [0.25, 0.3) is 5.69 Å². The Morgan fingerprint density at radius 1 is 1.08 bits per heavy atom. The molecule has 7 nitrogen and oxygen atoms in total. The van der Waals surface area contributed by atoms with Crippen molar-refractivity contribution < 1.29 is 5.11 Å². The lowest BCUT2D eigenvalue weighted by Crippen LogP contribution is -2.33. The van der Waals surface area contributed by atoms with E-state index in [4.69, 9.17) is 0 Å². The number of hydrazone groups is 1. The highest BCUT2D eigenvalue weighted by Crippen LogP contribution is 2.18. The minimum atomic E-state index is -0.714. The van der Waals surface area contributed by atoms with Crippen LogP contribution in [-0.2, 0) is 0 Å². The molecule has 1 heterocycles. The van der Waals surface area contributed by atoms with Crippen molar-refractivity contribution in [2.45, 2.75) is 13.3 Å². The summed E-state index contributed by atoms with van der Waals surface area (Å²) >= 11 is 0. The fourth-order valence-corrected chi connectivity index (χ4v) is 2.56. The van der Waals surface area contributed by atoms with Crippen LogP contribution < -0.4 is 16.7 Å². The molecule has 3 rings (SSSR count). The van der Waals surface area contributed by atoms with Gasteiger partial charge >= 0.3 is 5.69 Å². The number of benzene rings is 2. The predicted molar refractivity (Wildman–Crippen MR) is 101 cm³/mol. The highest BCUT2D eigenvalue weighted by atomic mass is 16.3. The van der Waals surface area contributed by atoms with Crippen molar-refractivity contribution >= 4 is 11.4 Å². The van der Waals surface area contributed by atoms with Crippen molar-refractivity contribution in [1.82, 2.24) is 9.55 Å². The third-order valence-electron chi connectivity index (χ3n) is 3.82. The Kier molecular flexibility index (Phi) is 4.98. The highest BCUT2D eigenvalue weighted by molar-refractivity contribution is 6.02. The molecule has 132 valence electrons. The molecule has 0 spiro atoms. The molecule has 0 aliphatic heterocycles. The summed E-state index contributed by atoms with van der Waals surface area (Å²) in [6.07, 6.45) is 0.378. The van der Waals surface area contributed by atoms with Crippen LogP contribution in [0.4, 0.5) is 5.69 Å². The monoisotopic (exact) mass is 350 g/mol. The van der Waals surface area contributed by atoms with Gasteiger partial charge < -0.3 is 5.11 Å². The van der Waals surface area contributed by atoms with Gasteiger partial charge in [0.15, 0.2) is 0 Å². The molecule has 0 amide bonds. The number of anilines is 1. The van der Waals surface area contributed by atoms with E-state index in [1.165, 1.54) is 0 Å². The second-order valence-electron chi connectivity index (χ2n) is 5.52. The van der Waals surface area contributed by atoms with Crippen molar-refractivity contribution in [2.24, 2.45) is 5.10 Å². The van der Waals surface area contributed by atoms with E-state index >= 15 is 0 Å². The number of aromatic hydroxyl groups is 1. The molecule has 3 N–H and O–H groups in total. The van der Waals surface area contributed by atoms with Gasteiger partial charge in [-0.3, -0.25) is 15.2 Å². The van der Waals surface area contributed by atoms with E-state index in [1.54, 1.807) is 30.3 Å². The third kappa shape index (κ3) is 3.41. The van der Waals surface area contributed by atoms with E-state index in [1.807, 2.05) is 37.3 Å². The Hall–Kier alpha value is -3.61. The molecule has 26 heavy (non-hydrogen) atoms. The zero-order valence-corrected chi connectivity index (χ0v) is 14.1. The van der Waals surface area contributed by atoms with Gasteiger partial charge in [0, 0.05) is 0 Å². The second-order valence-corrected chi connectivity index (χ2v) is 5.52. The first kappa shape index (κ1) is 17.2. The van der Waals surface area contributed by atoms with Crippen molar-refractivity contribution in [3.05, 3.63) is 87.1 Å². The standard InChI is InChI=1S/C19H18N4O3/c1-2-15(22-21-13-9-5-3-6-10-13)16-17(24)20-19(26)23(18(16)25)14-11-7-4-8-12-14/h3-12,21,25H,2H2,1H3,(H,20,24,26)/b22-15-. The number of hydrogen-bond acceptors (Lipinski definition) is 5. The van der Waals surface area contributed by atoms with E-state index in [9.17, 15) is 14.7 Å². The van der Waals surface area contributed by atoms with Crippen LogP contribution in [0.5, 0.6) is 5.88 Å². The molecule has 1 aromatic heterocycles. The first-order valence-corrected chi connectivity index (χ1v) is 8.13. The maximum Gasteiger partial charge on any atom is 0.335 e. The molecule has 2 aromatic carbocycles. The molecular weight excluding hydrogens is 332 g/mol. The quantitative estimate of drug-likeness (QED) is 0.486. The number of H-pyrrole nitrogens is 1. The second kappa shape index (κ2) is 7.52. The molecule has 0 fully saturated rings. The van der Waals surface area contributed by atoms with E-state index in [2.05, 4.69) is 15.5 Å². The first-order chi connectivity index (χ1) is 12.6. The van der Waals surface area contributed by atoms with Gasteiger partial charge in [0.25, 0.3) is 5.56 Å². The number of nitrogens with one attached hydrogen (secondary N) is 2. The average Bonchev–Trinajstić information content (AvgIpc) is 2.65. The van der Waals surface area contributed by atoms with Gasteiger partial charge in [0.2, 0.25) is 5.88 Å². The van der Waals surface area contributed by atoms with Gasteiger partial charge in [-0.2, -0.15) is 5.10 Å². The lowest BCUT2D eigenvalue weighted by molar-refractivity contribution is 0.429. The summed E-state index contributed by atoms with van der Waals surface area (Å²) in [6.45, 7) is 1.81. The smallest absolute Gasteiger partial charge is 0.335 e. The molecule has 0 radical (unpaired) electrons. The highest BCUT2D eigenvalue weighted by Gasteiger charge is 2.19. The Labute approximate surface area is 149 Å². The summed E-state index contributed by atoms with van der Waals surface area (Å²) in [5.41, 5.74) is 2.93. The van der Waals surface area contributed by atoms with Crippen molar-refractivity contribution in [1.29, 1.82) is 0 Å². The van der Waals surface area contributed by atoms with Crippen LogP contribution in [0, 0.1) is 0 Å². The third-order valence-corrected chi connectivity index (χ3v) is 3.82. The van der Waals surface area contributed by atoms with Crippen molar-refractivity contribution in [3.63, 3.8) is 0 Å². The van der Waals surface area contributed by atoms with Gasteiger partial charge in [0.1, 0.15) is 5.56 Å². The van der Waals surface area contributed by atoms with Crippen LogP contribution in [0.3, 0.4) is 0 Å². The summed E-state index contributed by atoms with van der Waals surface area (Å²) in [5, 5.41) is 14.9. The maximum atomic E-state index is 12.3. The summed E-state index contributed by atoms with van der Waals surface area (Å²) in [6, 6.07) is 17.8. The van der Waals surface area contributed by atoms with Gasteiger partial charge in [-0.15, -0.1) is 0 Å². The molecule has 0 saturated carbocycles. The lowest BCUT2D eigenvalue weighted by atomic mass is 10.1. The van der Waals surface area contributed by atoms with Gasteiger partial charge in [-0.1, -0.05) is 43.3 Å². The van der Waals surface area contributed by atoms with Gasteiger partial charge in [-0.25, -0.2) is 9.36 Å². The molecule has 0 aliphatic carbocycles. The SMILES string of the molecule is CC/C(=N/Nc1ccccc1)c1c(O)n(-c2ccccc2)c(=O)[nH]c1=O. The summed E-state index contributed by atoms with van der Waals surface area (Å²) in [4.78, 5) is 26.8. The number of aromatic nitrogens is 2. The summed E-state index contributed by atoms with van der Waals surface area (Å²) < 4.78 is 1.05.